The minimum Gasteiger partial charge on any atom is -0.505 e. The molecular weight excluding hydrogens is 211 g/mol. The minimum absolute atomic E-state index is 0.300. The first-order valence-corrected chi connectivity index (χ1v) is 5.52. The second-order valence-corrected chi connectivity index (χ2v) is 3.88. The molecule has 1 aliphatic heterocycles. The Morgan fingerprint density at radius 1 is 1.31 bits per heavy atom. The molecule has 1 atom stereocenters. The van der Waals surface area contributed by atoms with E-state index >= 15 is 0 Å². The molecule has 1 heterocycles. The number of hydrogen-bond acceptors (Lipinski definition) is 3. The molecule has 0 radical (unpaired) electrons. The van der Waals surface area contributed by atoms with Gasteiger partial charge in [-0.15, -0.1) is 0 Å². The van der Waals surface area contributed by atoms with Gasteiger partial charge in [-0.2, -0.15) is 0 Å². The second-order valence-electron chi connectivity index (χ2n) is 3.88. The van der Waals surface area contributed by atoms with Gasteiger partial charge in [0.25, 0.3) is 0 Å². The first-order chi connectivity index (χ1) is 7.75. The van der Waals surface area contributed by atoms with Gasteiger partial charge in [0.2, 0.25) is 0 Å². The molecule has 16 heavy (non-hydrogen) atoms. The first kappa shape index (κ1) is 11.2. The second kappa shape index (κ2) is 5.16. The van der Waals surface area contributed by atoms with Crippen molar-refractivity contribution in [1.29, 1.82) is 0 Å². The maximum absolute atomic E-state index is 13.0. The molecule has 1 aromatic rings. The molecule has 0 aliphatic carbocycles. The van der Waals surface area contributed by atoms with Crippen molar-refractivity contribution in [1.82, 2.24) is 0 Å². The number of halogens is 1. The molecule has 0 unspecified atom stereocenters. The van der Waals surface area contributed by atoms with Gasteiger partial charge >= 0.3 is 0 Å². The van der Waals surface area contributed by atoms with Crippen LogP contribution in [0.5, 0.6) is 11.5 Å². The molecule has 0 amide bonds. The summed E-state index contributed by atoms with van der Waals surface area (Å²) >= 11 is 0. The Kier molecular flexibility index (Phi) is 3.62. The molecule has 0 bridgehead atoms. The highest BCUT2D eigenvalue weighted by Gasteiger charge is 2.14. The van der Waals surface area contributed by atoms with Gasteiger partial charge in [0, 0.05) is 12.5 Å². The Labute approximate surface area is 93.8 Å². The van der Waals surface area contributed by atoms with Crippen LogP contribution in [-0.2, 0) is 4.74 Å². The lowest BCUT2D eigenvalue weighted by molar-refractivity contribution is -0.0769. The molecule has 1 aromatic carbocycles. The lowest BCUT2D eigenvalue weighted by Crippen LogP contribution is -2.19. The molecule has 1 fully saturated rings. The number of phenols is 1. The van der Waals surface area contributed by atoms with E-state index in [1.54, 1.807) is 0 Å². The average Bonchev–Trinajstić information content (AvgIpc) is 2.52. The summed E-state index contributed by atoms with van der Waals surface area (Å²) in [5.74, 6) is -0.651. The molecule has 4 heteroatoms. The summed E-state index contributed by atoms with van der Waals surface area (Å²) < 4.78 is 24.0. The summed E-state index contributed by atoms with van der Waals surface area (Å²) in [5, 5.41) is 9.03. The van der Waals surface area contributed by atoms with Crippen LogP contribution in [0.3, 0.4) is 0 Å². The van der Waals surface area contributed by atoms with Gasteiger partial charge < -0.3 is 14.6 Å². The Balaban J connectivity index is 1.99. The Morgan fingerprint density at radius 2 is 2.19 bits per heavy atom. The fourth-order valence-electron chi connectivity index (χ4n) is 1.69. The maximum atomic E-state index is 13.0. The number of phenolic OH excluding ortho intramolecular Hbond substituents is 1. The third kappa shape index (κ3) is 2.85. The van der Waals surface area contributed by atoms with E-state index in [1.165, 1.54) is 18.2 Å². The highest BCUT2D eigenvalue weighted by molar-refractivity contribution is 5.32. The highest BCUT2D eigenvalue weighted by atomic mass is 19.1. The summed E-state index contributed by atoms with van der Waals surface area (Å²) in [6, 6.07) is 3.98. The normalized spacial score (nSPS) is 21.4. The SMILES string of the molecule is Oc1ccc(O[C@@H]2CCCCCO2)cc1F. The quantitative estimate of drug-likeness (QED) is 0.842. The number of ether oxygens (including phenoxy) is 2. The number of benzene rings is 1. The van der Waals surface area contributed by atoms with Gasteiger partial charge in [0.1, 0.15) is 5.75 Å². The highest BCUT2D eigenvalue weighted by Crippen LogP contribution is 2.24. The van der Waals surface area contributed by atoms with Crippen molar-refractivity contribution in [3.05, 3.63) is 24.0 Å². The zero-order chi connectivity index (χ0) is 11.4. The van der Waals surface area contributed by atoms with Crippen molar-refractivity contribution in [3.8, 4) is 11.5 Å². The van der Waals surface area contributed by atoms with Gasteiger partial charge in [-0.1, -0.05) is 6.42 Å². The third-order valence-electron chi connectivity index (χ3n) is 2.57. The van der Waals surface area contributed by atoms with Crippen LogP contribution in [0, 0.1) is 5.82 Å². The van der Waals surface area contributed by atoms with Crippen molar-refractivity contribution in [2.24, 2.45) is 0 Å². The molecule has 1 saturated heterocycles. The van der Waals surface area contributed by atoms with E-state index in [-0.39, 0.29) is 12.0 Å². The van der Waals surface area contributed by atoms with Crippen LogP contribution in [0.4, 0.5) is 4.39 Å². The van der Waals surface area contributed by atoms with Gasteiger partial charge in [-0.05, 0) is 25.0 Å². The molecule has 2 rings (SSSR count). The van der Waals surface area contributed by atoms with E-state index in [2.05, 4.69) is 0 Å². The summed E-state index contributed by atoms with van der Waals surface area (Å²) in [4.78, 5) is 0. The predicted molar refractivity (Wildman–Crippen MR) is 56.9 cm³/mol. The van der Waals surface area contributed by atoms with Crippen LogP contribution in [0.25, 0.3) is 0 Å². The van der Waals surface area contributed by atoms with E-state index in [4.69, 9.17) is 14.6 Å². The largest absolute Gasteiger partial charge is 0.505 e. The minimum atomic E-state index is -0.675. The number of hydrogen-bond donors (Lipinski definition) is 1. The number of aromatic hydroxyl groups is 1. The van der Waals surface area contributed by atoms with Gasteiger partial charge in [0.05, 0.1) is 6.61 Å². The van der Waals surface area contributed by atoms with E-state index < -0.39 is 5.82 Å². The first-order valence-electron chi connectivity index (χ1n) is 5.52. The van der Waals surface area contributed by atoms with Crippen LogP contribution >= 0.6 is 0 Å². The lowest BCUT2D eigenvalue weighted by atomic mass is 10.2. The number of rotatable bonds is 2. The predicted octanol–water partition coefficient (Wildman–Crippen LogP) is 2.83. The lowest BCUT2D eigenvalue weighted by Gasteiger charge is -2.17. The van der Waals surface area contributed by atoms with E-state index in [0.717, 1.165) is 25.7 Å². The Hall–Kier alpha value is -1.29. The zero-order valence-corrected chi connectivity index (χ0v) is 8.99. The molecule has 3 nitrogen and oxygen atoms in total. The topological polar surface area (TPSA) is 38.7 Å². The average molecular weight is 226 g/mol. The fourth-order valence-corrected chi connectivity index (χ4v) is 1.69. The van der Waals surface area contributed by atoms with E-state index in [9.17, 15) is 4.39 Å². The Morgan fingerprint density at radius 3 is 3.00 bits per heavy atom. The van der Waals surface area contributed by atoms with Crippen molar-refractivity contribution in [2.45, 2.75) is 32.0 Å². The molecular formula is C12H15FO3. The van der Waals surface area contributed by atoms with Gasteiger partial charge in [-0.3, -0.25) is 0 Å². The summed E-state index contributed by atoms with van der Waals surface area (Å²) in [5.41, 5.74) is 0. The third-order valence-corrected chi connectivity index (χ3v) is 2.57. The van der Waals surface area contributed by atoms with Crippen molar-refractivity contribution in [2.75, 3.05) is 6.61 Å². The van der Waals surface area contributed by atoms with Crippen molar-refractivity contribution >= 4 is 0 Å². The zero-order valence-electron chi connectivity index (χ0n) is 8.99. The molecule has 1 aliphatic rings. The van der Waals surface area contributed by atoms with E-state index in [1.807, 2.05) is 0 Å². The van der Waals surface area contributed by atoms with Crippen LogP contribution in [0.15, 0.2) is 18.2 Å². The standard InChI is InChI=1S/C12H15FO3/c13-10-8-9(5-6-11(10)14)16-12-4-2-1-3-7-15-12/h5-6,8,12,14H,1-4,7H2/t12-/m1/s1. The monoisotopic (exact) mass is 226 g/mol. The smallest absolute Gasteiger partial charge is 0.199 e. The molecule has 0 aromatic heterocycles. The van der Waals surface area contributed by atoms with Crippen LogP contribution < -0.4 is 4.74 Å². The van der Waals surface area contributed by atoms with Crippen molar-refractivity contribution < 1.29 is 19.0 Å². The summed E-state index contributed by atoms with van der Waals surface area (Å²) in [6.07, 6.45) is 3.77. The molecule has 0 spiro atoms. The van der Waals surface area contributed by atoms with Gasteiger partial charge in [-0.25, -0.2) is 4.39 Å². The summed E-state index contributed by atoms with van der Waals surface area (Å²) in [6.45, 7) is 0.686. The van der Waals surface area contributed by atoms with E-state index in [0.29, 0.717) is 12.4 Å². The van der Waals surface area contributed by atoms with Gasteiger partial charge in [0.15, 0.2) is 17.9 Å². The fraction of sp³-hybridized carbons (Fsp3) is 0.500. The molecule has 1 N–H and O–H groups in total. The maximum Gasteiger partial charge on any atom is 0.199 e. The summed E-state index contributed by atoms with van der Waals surface area (Å²) in [7, 11) is 0. The van der Waals surface area contributed by atoms with Crippen molar-refractivity contribution in [3.63, 3.8) is 0 Å². The molecule has 88 valence electrons. The Bertz CT molecular complexity index is 346. The van der Waals surface area contributed by atoms with Crippen LogP contribution in [-0.4, -0.2) is 18.0 Å². The van der Waals surface area contributed by atoms with Crippen LogP contribution in [0.1, 0.15) is 25.7 Å². The van der Waals surface area contributed by atoms with Crippen LogP contribution in [0.2, 0.25) is 0 Å². The molecule has 0 saturated carbocycles.